The monoisotopic (exact) mass is 369 g/mol. The maximum absolute atomic E-state index is 13.2. The van der Waals surface area contributed by atoms with Gasteiger partial charge in [0.2, 0.25) is 0 Å². The number of ether oxygens (including phenoxy) is 1. The molecule has 1 fully saturated rings. The summed E-state index contributed by atoms with van der Waals surface area (Å²) < 4.78 is 19.2. The second-order valence-corrected chi connectivity index (χ2v) is 6.35. The summed E-state index contributed by atoms with van der Waals surface area (Å²) in [6, 6.07) is 10.8. The average Bonchev–Trinajstić information content (AvgIpc) is 3.26. The zero-order valence-corrected chi connectivity index (χ0v) is 13.5. The summed E-state index contributed by atoms with van der Waals surface area (Å²) in [5.74, 6) is 0.874. The topological polar surface area (TPSA) is 21.3 Å². The molecule has 21 heavy (non-hydrogen) atoms. The third-order valence-corrected chi connectivity index (χ3v) is 4.27. The van der Waals surface area contributed by atoms with E-state index in [2.05, 4.69) is 21.2 Å². The number of hydrogen-bond donors (Lipinski definition) is 1. The van der Waals surface area contributed by atoms with E-state index in [0.717, 1.165) is 12.1 Å². The molecule has 1 saturated carbocycles. The second-order valence-electron chi connectivity index (χ2n) is 5.09. The van der Waals surface area contributed by atoms with Crippen molar-refractivity contribution in [3.8, 4) is 11.5 Å². The molecule has 2 aromatic carbocycles. The first-order valence-electron chi connectivity index (χ1n) is 6.76. The van der Waals surface area contributed by atoms with Crippen molar-refractivity contribution in [1.29, 1.82) is 0 Å². The minimum absolute atomic E-state index is 0.318. The van der Waals surface area contributed by atoms with Crippen LogP contribution in [0.5, 0.6) is 11.5 Å². The van der Waals surface area contributed by atoms with Gasteiger partial charge in [0.05, 0.1) is 4.47 Å². The third-order valence-electron chi connectivity index (χ3n) is 3.31. The van der Waals surface area contributed by atoms with Gasteiger partial charge in [-0.15, -0.1) is 0 Å². The molecular formula is C16H14BrClFNO. The molecule has 0 heterocycles. The molecule has 5 heteroatoms. The lowest BCUT2D eigenvalue weighted by Crippen LogP contribution is -2.15. The molecule has 1 aliphatic rings. The van der Waals surface area contributed by atoms with Gasteiger partial charge in [-0.25, -0.2) is 4.39 Å². The molecule has 0 aliphatic heterocycles. The van der Waals surface area contributed by atoms with Gasteiger partial charge in [-0.05, 0) is 64.7 Å². The standard InChI is InChI=1S/C16H14BrClFNO/c17-14-7-12(5-6-16(14)19)21-13-4-1-10(15(18)8-13)9-20-11-2-3-11/h1,4-8,11,20H,2-3,9H2. The van der Waals surface area contributed by atoms with Crippen molar-refractivity contribution >= 4 is 27.5 Å². The summed E-state index contributed by atoms with van der Waals surface area (Å²) >= 11 is 9.40. The van der Waals surface area contributed by atoms with E-state index in [1.807, 2.05) is 12.1 Å². The summed E-state index contributed by atoms with van der Waals surface area (Å²) in [6.07, 6.45) is 2.50. The van der Waals surface area contributed by atoms with E-state index in [0.29, 0.717) is 27.0 Å². The highest BCUT2D eigenvalue weighted by Crippen LogP contribution is 2.29. The summed E-state index contributed by atoms with van der Waals surface area (Å²) in [7, 11) is 0. The van der Waals surface area contributed by atoms with Gasteiger partial charge in [-0.3, -0.25) is 0 Å². The van der Waals surface area contributed by atoms with Gasteiger partial charge in [0, 0.05) is 17.6 Å². The van der Waals surface area contributed by atoms with Crippen LogP contribution in [0.25, 0.3) is 0 Å². The largest absolute Gasteiger partial charge is 0.457 e. The summed E-state index contributed by atoms with van der Waals surface area (Å²) in [6.45, 7) is 0.770. The SMILES string of the molecule is Fc1ccc(Oc2ccc(CNC3CC3)c(Cl)c2)cc1Br. The van der Waals surface area contributed by atoms with Gasteiger partial charge in [-0.2, -0.15) is 0 Å². The molecule has 0 amide bonds. The number of hydrogen-bond acceptors (Lipinski definition) is 2. The fraction of sp³-hybridized carbons (Fsp3) is 0.250. The van der Waals surface area contributed by atoms with Crippen molar-refractivity contribution in [2.45, 2.75) is 25.4 Å². The van der Waals surface area contributed by atoms with E-state index in [9.17, 15) is 4.39 Å². The lowest BCUT2D eigenvalue weighted by molar-refractivity contribution is 0.479. The van der Waals surface area contributed by atoms with Crippen LogP contribution in [-0.4, -0.2) is 6.04 Å². The zero-order chi connectivity index (χ0) is 14.8. The Morgan fingerprint density at radius 1 is 1.19 bits per heavy atom. The number of halogens is 3. The maximum Gasteiger partial charge on any atom is 0.137 e. The first kappa shape index (κ1) is 14.8. The van der Waals surface area contributed by atoms with Gasteiger partial charge >= 0.3 is 0 Å². The Bertz CT molecular complexity index is 661. The molecule has 0 aromatic heterocycles. The highest BCUT2D eigenvalue weighted by molar-refractivity contribution is 9.10. The van der Waals surface area contributed by atoms with Crippen molar-refractivity contribution in [3.63, 3.8) is 0 Å². The smallest absolute Gasteiger partial charge is 0.137 e. The van der Waals surface area contributed by atoms with Crippen LogP contribution in [0.15, 0.2) is 40.9 Å². The second kappa shape index (κ2) is 6.34. The van der Waals surface area contributed by atoms with Crippen LogP contribution in [0.3, 0.4) is 0 Å². The summed E-state index contributed by atoms with van der Waals surface area (Å²) in [5, 5.41) is 4.09. The van der Waals surface area contributed by atoms with Crippen molar-refractivity contribution in [2.75, 3.05) is 0 Å². The van der Waals surface area contributed by atoms with Crippen LogP contribution < -0.4 is 10.1 Å². The van der Waals surface area contributed by atoms with Crippen molar-refractivity contribution in [1.82, 2.24) is 5.32 Å². The van der Waals surface area contributed by atoms with Crippen molar-refractivity contribution in [3.05, 3.63) is 57.3 Å². The molecule has 2 aromatic rings. The molecule has 3 rings (SSSR count). The maximum atomic E-state index is 13.2. The van der Waals surface area contributed by atoms with Crippen LogP contribution in [-0.2, 0) is 6.54 Å². The average molecular weight is 371 g/mol. The Morgan fingerprint density at radius 3 is 2.57 bits per heavy atom. The number of nitrogens with one attached hydrogen (secondary N) is 1. The van der Waals surface area contributed by atoms with Crippen LogP contribution in [0.1, 0.15) is 18.4 Å². The Balaban J connectivity index is 1.70. The Hall–Kier alpha value is -1.10. The highest BCUT2D eigenvalue weighted by atomic mass is 79.9. The molecular weight excluding hydrogens is 357 g/mol. The quantitative estimate of drug-likeness (QED) is 0.772. The predicted molar refractivity (Wildman–Crippen MR) is 85.5 cm³/mol. The van der Waals surface area contributed by atoms with Gasteiger partial charge in [0.15, 0.2) is 0 Å². The highest BCUT2D eigenvalue weighted by Gasteiger charge is 2.20. The predicted octanol–water partition coefficient (Wildman–Crippen LogP) is 5.29. The molecule has 2 nitrogen and oxygen atoms in total. The lowest BCUT2D eigenvalue weighted by Gasteiger charge is -2.10. The lowest BCUT2D eigenvalue weighted by atomic mass is 10.2. The van der Waals surface area contributed by atoms with Crippen molar-refractivity contribution < 1.29 is 9.13 Å². The van der Waals surface area contributed by atoms with Gasteiger partial charge in [0.1, 0.15) is 17.3 Å². The fourth-order valence-electron chi connectivity index (χ4n) is 1.95. The van der Waals surface area contributed by atoms with E-state index in [1.165, 1.54) is 18.9 Å². The molecule has 1 N–H and O–H groups in total. The van der Waals surface area contributed by atoms with Crippen molar-refractivity contribution in [2.24, 2.45) is 0 Å². The minimum atomic E-state index is -0.318. The fourth-order valence-corrected chi connectivity index (χ4v) is 2.55. The van der Waals surface area contributed by atoms with E-state index in [4.69, 9.17) is 16.3 Å². The van der Waals surface area contributed by atoms with E-state index >= 15 is 0 Å². The molecule has 0 spiro atoms. The number of benzene rings is 2. The molecule has 1 aliphatic carbocycles. The van der Waals surface area contributed by atoms with Crippen LogP contribution in [0.2, 0.25) is 5.02 Å². The Labute approximate surface area is 136 Å². The molecule has 0 bridgehead atoms. The number of rotatable bonds is 5. The molecule has 0 unspecified atom stereocenters. The van der Waals surface area contributed by atoms with Gasteiger partial charge in [0.25, 0.3) is 0 Å². The molecule has 0 atom stereocenters. The van der Waals surface area contributed by atoms with E-state index in [1.54, 1.807) is 18.2 Å². The molecule has 0 saturated heterocycles. The van der Waals surface area contributed by atoms with E-state index < -0.39 is 0 Å². The van der Waals surface area contributed by atoms with Gasteiger partial charge in [-0.1, -0.05) is 17.7 Å². The van der Waals surface area contributed by atoms with Crippen LogP contribution in [0, 0.1) is 5.82 Å². The Kier molecular flexibility index (Phi) is 4.48. The molecule has 0 radical (unpaired) electrons. The zero-order valence-electron chi connectivity index (χ0n) is 11.2. The summed E-state index contributed by atoms with van der Waals surface area (Å²) in [5.41, 5.74) is 1.05. The van der Waals surface area contributed by atoms with Gasteiger partial charge < -0.3 is 10.1 Å². The first-order chi connectivity index (χ1) is 10.1. The normalized spacial score (nSPS) is 14.2. The van der Waals surface area contributed by atoms with Crippen LogP contribution in [0.4, 0.5) is 4.39 Å². The van der Waals surface area contributed by atoms with E-state index in [-0.39, 0.29) is 5.82 Å². The summed E-state index contributed by atoms with van der Waals surface area (Å²) in [4.78, 5) is 0. The molecule has 110 valence electrons. The van der Waals surface area contributed by atoms with Crippen LogP contribution >= 0.6 is 27.5 Å². The Morgan fingerprint density at radius 2 is 1.90 bits per heavy atom. The minimum Gasteiger partial charge on any atom is -0.457 e. The first-order valence-corrected chi connectivity index (χ1v) is 7.93. The third kappa shape index (κ3) is 3.96.